The summed E-state index contributed by atoms with van der Waals surface area (Å²) in [5.74, 6) is 0.267. The first kappa shape index (κ1) is 9.21. The fourth-order valence-corrected chi connectivity index (χ4v) is 1.66. The van der Waals surface area contributed by atoms with E-state index in [2.05, 4.69) is 0 Å². The van der Waals surface area contributed by atoms with Crippen LogP contribution in [0.25, 0.3) is 0 Å². The van der Waals surface area contributed by atoms with Crippen LogP contribution in [0.1, 0.15) is 24.5 Å². The highest BCUT2D eigenvalue weighted by Gasteiger charge is 2.21. The second kappa shape index (κ2) is 3.80. The average Bonchev–Trinajstić information content (AvgIpc) is 2.18. The first-order valence-electron chi connectivity index (χ1n) is 4.74. The Morgan fingerprint density at radius 1 is 1.43 bits per heavy atom. The van der Waals surface area contributed by atoms with Gasteiger partial charge in [0.25, 0.3) is 0 Å². The lowest BCUT2D eigenvalue weighted by atomic mass is 10.0. The molecule has 1 saturated heterocycles. The lowest BCUT2D eigenvalue weighted by Crippen LogP contribution is -2.19. The summed E-state index contributed by atoms with van der Waals surface area (Å²) in [5.41, 5.74) is 7.37. The van der Waals surface area contributed by atoms with E-state index in [1.54, 1.807) is 0 Å². The molecule has 1 atom stereocenters. The summed E-state index contributed by atoms with van der Waals surface area (Å²) < 4.78 is 5.51. The van der Waals surface area contributed by atoms with E-state index < -0.39 is 0 Å². The molecule has 0 aliphatic carbocycles. The van der Waals surface area contributed by atoms with Crippen molar-refractivity contribution >= 4 is 11.5 Å². The van der Waals surface area contributed by atoms with Crippen LogP contribution in [0.5, 0.6) is 0 Å². The normalized spacial score (nSPS) is 22.3. The first-order valence-corrected chi connectivity index (χ1v) is 4.74. The Balaban J connectivity index is 2.17. The van der Waals surface area contributed by atoms with Gasteiger partial charge in [-0.3, -0.25) is 4.79 Å². The molecule has 0 spiro atoms. The highest BCUT2D eigenvalue weighted by Crippen LogP contribution is 2.26. The summed E-state index contributed by atoms with van der Waals surface area (Å²) in [6.07, 6.45) is 0.919. The number of ketones is 1. The summed E-state index contributed by atoms with van der Waals surface area (Å²) in [6.45, 7) is 0.526. The molecule has 1 aliphatic heterocycles. The number of hydrogen-bond acceptors (Lipinski definition) is 3. The molecule has 1 fully saturated rings. The maximum atomic E-state index is 11.2. The molecule has 14 heavy (non-hydrogen) atoms. The van der Waals surface area contributed by atoms with E-state index >= 15 is 0 Å². The molecule has 2 N–H and O–H groups in total. The zero-order valence-corrected chi connectivity index (χ0v) is 7.90. The number of Topliss-reactive ketones (excluding diaryl/α,β-unsaturated/α-hetero) is 1. The van der Waals surface area contributed by atoms with Gasteiger partial charge in [0.05, 0.1) is 12.7 Å². The highest BCUT2D eigenvalue weighted by molar-refractivity contribution is 5.79. The topological polar surface area (TPSA) is 52.3 Å². The van der Waals surface area contributed by atoms with Crippen LogP contribution in [0.15, 0.2) is 24.3 Å². The van der Waals surface area contributed by atoms with Crippen molar-refractivity contribution in [2.75, 3.05) is 12.3 Å². The number of ether oxygens (including phenoxy) is 1. The summed E-state index contributed by atoms with van der Waals surface area (Å²) >= 11 is 0. The SMILES string of the molecule is Nc1cccc(C2CC(=O)CCO2)c1. The van der Waals surface area contributed by atoms with Crippen LogP contribution in [-0.4, -0.2) is 12.4 Å². The summed E-state index contributed by atoms with van der Waals surface area (Å²) in [7, 11) is 0. The largest absolute Gasteiger partial charge is 0.399 e. The minimum atomic E-state index is -0.0975. The molecule has 1 heterocycles. The van der Waals surface area contributed by atoms with Crippen LogP contribution < -0.4 is 5.73 Å². The minimum absolute atomic E-state index is 0.0975. The quantitative estimate of drug-likeness (QED) is 0.687. The van der Waals surface area contributed by atoms with Gasteiger partial charge in [-0.25, -0.2) is 0 Å². The van der Waals surface area contributed by atoms with E-state index in [1.807, 2.05) is 24.3 Å². The van der Waals surface area contributed by atoms with Crippen molar-refractivity contribution in [2.45, 2.75) is 18.9 Å². The molecule has 0 amide bonds. The van der Waals surface area contributed by atoms with Crippen LogP contribution in [0.3, 0.4) is 0 Å². The third-order valence-electron chi connectivity index (χ3n) is 2.40. The van der Waals surface area contributed by atoms with Gasteiger partial charge >= 0.3 is 0 Å². The zero-order chi connectivity index (χ0) is 9.97. The zero-order valence-electron chi connectivity index (χ0n) is 7.90. The molecular formula is C11H13NO2. The lowest BCUT2D eigenvalue weighted by Gasteiger charge is -2.22. The number of hydrogen-bond donors (Lipinski definition) is 1. The van der Waals surface area contributed by atoms with Gasteiger partial charge in [-0.2, -0.15) is 0 Å². The summed E-state index contributed by atoms with van der Waals surface area (Å²) in [6, 6.07) is 7.52. The van der Waals surface area contributed by atoms with Crippen molar-refractivity contribution in [1.29, 1.82) is 0 Å². The second-order valence-corrected chi connectivity index (χ2v) is 3.52. The van der Waals surface area contributed by atoms with Gasteiger partial charge in [-0.1, -0.05) is 12.1 Å². The van der Waals surface area contributed by atoms with Gasteiger partial charge in [-0.05, 0) is 17.7 Å². The Morgan fingerprint density at radius 2 is 2.29 bits per heavy atom. The molecule has 1 unspecified atom stereocenters. The number of benzene rings is 1. The first-order chi connectivity index (χ1) is 6.75. The number of carbonyl (C=O) groups excluding carboxylic acids is 1. The smallest absolute Gasteiger partial charge is 0.138 e. The van der Waals surface area contributed by atoms with Crippen molar-refractivity contribution in [3.63, 3.8) is 0 Å². The van der Waals surface area contributed by atoms with Crippen LogP contribution in [-0.2, 0) is 9.53 Å². The predicted octanol–water partition coefficient (Wildman–Crippen LogP) is 1.69. The monoisotopic (exact) mass is 191 g/mol. The fraction of sp³-hybridized carbons (Fsp3) is 0.364. The molecule has 74 valence electrons. The van der Waals surface area contributed by atoms with Crippen LogP contribution in [0.4, 0.5) is 5.69 Å². The third kappa shape index (κ3) is 1.93. The number of carbonyl (C=O) groups is 1. The van der Waals surface area contributed by atoms with E-state index in [1.165, 1.54) is 0 Å². The number of nitrogen functional groups attached to an aromatic ring is 1. The molecule has 1 aromatic rings. The summed E-state index contributed by atoms with van der Waals surface area (Å²) in [5, 5.41) is 0. The van der Waals surface area contributed by atoms with Gasteiger partial charge in [0.2, 0.25) is 0 Å². The van der Waals surface area contributed by atoms with Gasteiger partial charge in [0.1, 0.15) is 5.78 Å². The van der Waals surface area contributed by atoms with Crippen LogP contribution in [0.2, 0.25) is 0 Å². The maximum absolute atomic E-state index is 11.2. The van der Waals surface area contributed by atoms with Crippen molar-refractivity contribution < 1.29 is 9.53 Å². The molecule has 3 heteroatoms. The number of anilines is 1. The molecule has 2 rings (SSSR count). The van der Waals surface area contributed by atoms with E-state index in [0.717, 1.165) is 5.56 Å². The number of nitrogens with two attached hydrogens (primary N) is 1. The van der Waals surface area contributed by atoms with Gasteiger partial charge in [-0.15, -0.1) is 0 Å². The Kier molecular flexibility index (Phi) is 2.50. The Hall–Kier alpha value is -1.35. The molecule has 0 saturated carbocycles. The van der Waals surface area contributed by atoms with Crippen molar-refractivity contribution in [1.82, 2.24) is 0 Å². The summed E-state index contributed by atoms with van der Waals surface area (Å²) in [4.78, 5) is 11.2. The predicted molar refractivity (Wildman–Crippen MR) is 53.8 cm³/mol. The molecule has 0 radical (unpaired) electrons. The third-order valence-corrected chi connectivity index (χ3v) is 2.40. The van der Waals surface area contributed by atoms with Gasteiger partial charge in [0.15, 0.2) is 0 Å². The Morgan fingerprint density at radius 3 is 3.00 bits per heavy atom. The van der Waals surface area contributed by atoms with E-state index in [9.17, 15) is 4.79 Å². The van der Waals surface area contributed by atoms with Gasteiger partial charge in [0, 0.05) is 18.5 Å². The standard InChI is InChI=1S/C11H13NO2/c12-9-3-1-2-8(6-9)11-7-10(13)4-5-14-11/h1-3,6,11H,4-5,7,12H2. The molecular weight excluding hydrogens is 178 g/mol. The van der Waals surface area contributed by atoms with E-state index in [-0.39, 0.29) is 11.9 Å². The molecule has 0 aromatic heterocycles. The molecule has 1 aliphatic rings. The second-order valence-electron chi connectivity index (χ2n) is 3.52. The lowest BCUT2D eigenvalue weighted by molar-refractivity contribution is -0.128. The van der Waals surface area contributed by atoms with E-state index in [4.69, 9.17) is 10.5 Å². The van der Waals surface area contributed by atoms with Crippen molar-refractivity contribution in [2.24, 2.45) is 0 Å². The van der Waals surface area contributed by atoms with E-state index in [0.29, 0.717) is 25.1 Å². The highest BCUT2D eigenvalue weighted by atomic mass is 16.5. The average molecular weight is 191 g/mol. The molecule has 0 bridgehead atoms. The Labute approximate surface area is 82.9 Å². The molecule has 1 aromatic carbocycles. The van der Waals surface area contributed by atoms with Crippen LogP contribution >= 0.6 is 0 Å². The van der Waals surface area contributed by atoms with Crippen molar-refractivity contribution in [3.8, 4) is 0 Å². The molecule has 3 nitrogen and oxygen atoms in total. The van der Waals surface area contributed by atoms with Crippen LogP contribution in [0, 0.1) is 0 Å². The minimum Gasteiger partial charge on any atom is -0.399 e. The number of rotatable bonds is 1. The van der Waals surface area contributed by atoms with Gasteiger partial charge < -0.3 is 10.5 Å². The fourth-order valence-electron chi connectivity index (χ4n) is 1.66. The Bertz CT molecular complexity index is 349. The maximum Gasteiger partial charge on any atom is 0.138 e. The van der Waals surface area contributed by atoms with Crippen molar-refractivity contribution in [3.05, 3.63) is 29.8 Å².